The van der Waals surface area contributed by atoms with Gasteiger partial charge in [0, 0.05) is 31.4 Å². The molecule has 2 saturated heterocycles. The molecule has 1 aromatic heterocycles. The minimum Gasteiger partial charge on any atom is -0.478 e. The van der Waals surface area contributed by atoms with Crippen molar-refractivity contribution in [3.05, 3.63) is 23.6 Å². The van der Waals surface area contributed by atoms with E-state index in [-0.39, 0.29) is 11.4 Å². The van der Waals surface area contributed by atoms with Gasteiger partial charge >= 0.3 is 5.97 Å². The molecule has 0 spiro atoms. The third kappa shape index (κ3) is 2.14. The predicted octanol–water partition coefficient (Wildman–Crippen LogP) is 1.59. The number of rotatable bonds is 2. The molecule has 0 amide bonds. The van der Waals surface area contributed by atoms with Crippen molar-refractivity contribution in [2.75, 3.05) is 25.0 Å². The molecule has 3 rings (SSSR count). The van der Waals surface area contributed by atoms with Gasteiger partial charge in [0.2, 0.25) is 0 Å². The van der Waals surface area contributed by atoms with Gasteiger partial charge in [-0.3, -0.25) is 4.90 Å². The average molecular weight is 279 g/mol. The molecular formula is C14H18FN3O2. The Morgan fingerprint density at radius 1 is 1.40 bits per heavy atom. The number of carboxylic acid groups (broad SMARTS) is 1. The summed E-state index contributed by atoms with van der Waals surface area (Å²) in [5.41, 5.74) is -0.308. The van der Waals surface area contributed by atoms with Gasteiger partial charge in [0.15, 0.2) is 11.6 Å². The number of likely N-dealkylation sites (N-methyl/N-ethyl adjacent to an activating group) is 1. The second kappa shape index (κ2) is 5.01. The molecule has 6 heteroatoms. The van der Waals surface area contributed by atoms with E-state index < -0.39 is 11.8 Å². The summed E-state index contributed by atoms with van der Waals surface area (Å²) >= 11 is 0. The lowest BCUT2D eigenvalue weighted by atomic mass is 10.1. The van der Waals surface area contributed by atoms with Crippen molar-refractivity contribution in [2.24, 2.45) is 0 Å². The second-order valence-corrected chi connectivity index (χ2v) is 5.59. The summed E-state index contributed by atoms with van der Waals surface area (Å²) in [5, 5.41) is 9.00. The van der Waals surface area contributed by atoms with E-state index in [4.69, 9.17) is 5.11 Å². The Kier molecular flexibility index (Phi) is 3.33. The number of carboxylic acids is 1. The van der Waals surface area contributed by atoms with E-state index in [1.54, 1.807) is 0 Å². The van der Waals surface area contributed by atoms with Crippen LogP contribution in [-0.2, 0) is 0 Å². The largest absolute Gasteiger partial charge is 0.478 e. The van der Waals surface area contributed by atoms with Gasteiger partial charge in [0.25, 0.3) is 0 Å². The zero-order valence-electron chi connectivity index (χ0n) is 11.4. The fourth-order valence-corrected chi connectivity index (χ4v) is 3.32. The molecule has 0 radical (unpaired) electrons. The molecule has 2 aliphatic rings. The number of pyridine rings is 1. The molecular weight excluding hydrogens is 261 g/mol. The van der Waals surface area contributed by atoms with E-state index in [0.29, 0.717) is 18.6 Å². The minimum absolute atomic E-state index is 0.172. The zero-order valence-corrected chi connectivity index (χ0v) is 11.4. The first-order valence-corrected chi connectivity index (χ1v) is 6.92. The van der Waals surface area contributed by atoms with Crippen molar-refractivity contribution >= 4 is 11.8 Å². The first-order chi connectivity index (χ1) is 9.58. The van der Waals surface area contributed by atoms with Crippen LogP contribution >= 0.6 is 0 Å². The standard InChI is InChI=1S/C14H18FN3O2/c1-17-9-2-3-10(17)8-18(7-5-9)13-12(15)11(14(19)20)4-6-16-13/h4,6,9-10H,2-3,5,7-8H2,1H3,(H,19,20). The summed E-state index contributed by atoms with van der Waals surface area (Å²) < 4.78 is 14.3. The predicted molar refractivity (Wildman–Crippen MR) is 72.6 cm³/mol. The SMILES string of the molecule is CN1C2CCC1CN(c1nccc(C(=O)O)c1F)CC2. The average Bonchev–Trinajstić information content (AvgIpc) is 2.64. The van der Waals surface area contributed by atoms with Crippen molar-refractivity contribution in [3.63, 3.8) is 0 Å². The quantitative estimate of drug-likeness (QED) is 0.891. The molecule has 0 aromatic carbocycles. The molecule has 2 fully saturated rings. The number of carbonyl (C=O) groups is 1. The Morgan fingerprint density at radius 2 is 2.15 bits per heavy atom. The number of fused-ring (bicyclic) bond motifs is 2. The second-order valence-electron chi connectivity index (χ2n) is 5.59. The monoisotopic (exact) mass is 279 g/mol. The molecule has 3 heterocycles. The summed E-state index contributed by atoms with van der Waals surface area (Å²) in [6.45, 7) is 1.43. The highest BCUT2D eigenvalue weighted by Crippen LogP contribution is 2.31. The molecule has 2 atom stereocenters. The third-order valence-electron chi connectivity index (χ3n) is 4.55. The summed E-state index contributed by atoms with van der Waals surface area (Å²) in [5.74, 6) is -1.80. The van der Waals surface area contributed by atoms with E-state index in [9.17, 15) is 9.18 Å². The Labute approximate surface area is 117 Å². The van der Waals surface area contributed by atoms with E-state index in [1.165, 1.54) is 18.7 Å². The van der Waals surface area contributed by atoms with Gasteiger partial charge < -0.3 is 10.0 Å². The lowest BCUT2D eigenvalue weighted by molar-refractivity contribution is 0.0691. The van der Waals surface area contributed by atoms with Crippen molar-refractivity contribution in [1.82, 2.24) is 9.88 Å². The van der Waals surface area contributed by atoms with Gasteiger partial charge in [0.05, 0.1) is 0 Å². The van der Waals surface area contributed by atoms with Crippen molar-refractivity contribution in [3.8, 4) is 0 Å². The van der Waals surface area contributed by atoms with Gasteiger partial charge in [-0.25, -0.2) is 14.2 Å². The molecule has 20 heavy (non-hydrogen) atoms. The van der Waals surface area contributed by atoms with E-state index in [0.717, 1.165) is 19.4 Å². The van der Waals surface area contributed by atoms with Crippen molar-refractivity contribution in [2.45, 2.75) is 31.3 Å². The van der Waals surface area contributed by atoms with Gasteiger partial charge in [-0.15, -0.1) is 0 Å². The van der Waals surface area contributed by atoms with Crippen LogP contribution in [0.1, 0.15) is 29.6 Å². The molecule has 5 nitrogen and oxygen atoms in total. The molecule has 1 N–H and O–H groups in total. The minimum atomic E-state index is -1.25. The highest BCUT2D eigenvalue weighted by atomic mass is 19.1. The smallest absolute Gasteiger partial charge is 0.338 e. The van der Waals surface area contributed by atoms with Gasteiger partial charge in [-0.05, 0) is 32.4 Å². The Morgan fingerprint density at radius 3 is 2.90 bits per heavy atom. The van der Waals surface area contributed by atoms with Crippen LogP contribution in [0.2, 0.25) is 0 Å². The van der Waals surface area contributed by atoms with Gasteiger partial charge in [-0.2, -0.15) is 0 Å². The molecule has 1 aromatic rings. The maximum atomic E-state index is 14.3. The fourth-order valence-electron chi connectivity index (χ4n) is 3.32. The van der Waals surface area contributed by atoms with Crippen LogP contribution in [0.25, 0.3) is 0 Å². The summed E-state index contributed by atoms with van der Waals surface area (Å²) in [6, 6.07) is 2.16. The highest BCUT2D eigenvalue weighted by molar-refractivity contribution is 5.88. The molecule has 2 aliphatic heterocycles. The number of hydrogen-bond acceptors (Lipinski definition) is 4. The Bertz CT molecular complexity index is 537. The van der Waals surface area contributed by atoms with E-state index >= 15 is 0 Å². The number of anilines is 1. The molecule has 0 saturated carbocycles. The summed E-state index contributed by atoms with van der Waals surface area (Å²) in [7, 11) is 2.11. The molecule has 108 valence electrons. The van der Waals surface area contributed by atoms with Crippen molar-refractivity contribution < 1.29 is 14.3 Å². The number of aromatic carboxylic acids is 1. The maximum Gasteiger partial charge on any atom is 0.338 e. The van der Waals surface area contributed by atoms with E-state index in [2.05, 4.69) is 16.9 Å². The fraction of sp³-hybridized carbons (Fsp3) is 0.571. The van der Waals surface area contributed by atoms with Crippen LogP contribution in [0.3, 0.4) is 0 Å². The topological polar surface area (TPSA) is 56.7 Å². The third-order valence-corrected chi connectivity index (χ3v) is 4.55. The Hall–Kier alpha value is -1.69. The van der Waals surface area contributed by atoms with E-state index in [1.807, 2.05) is 4.90 Å². The van der Waals surface area contributed by atoms with Crippen LogP contribution in [0, 0.1) is 5.82 Å². The van der Waals surface area contributed by atoms with Crippen LogP contribution in [0.4, 0.5) is 10.2 Å². The number of hydrogen-bond donors (Lipinski definition) is 1. The normalized spacial score (nSPS) is 26.6. The van der Waals surface area contributed by atoms with Crippen LogP contribution < -0.4 is 4.90 Å². The summed E-state index contributed by atoms with van der Waals surface area (Å²) in [4.78, 5) is 19.3. The number of nitrogens with zero attached hydrogens (tertiary/aromatic N) is 3. The van der Waals surface area contributed by atoms with Gasteiger partial charge in [-0.1, -0.05) is 0 Å². The first-order valence-electron chi connectivity index (χ1n) is 6.92. The maximum absolute atomic E-state index is 14.3. The van der Waals surface area contributed by atoms with Crippen LogP contribution in [0.5, 0.6) is 0 Å². The first kappa shape index (κ1) is 13.3. The summed E-state index contributed by atoms with van der Waals surface area (Å²) in [6.07, 6.45) is 4.64. The number of aromatic nitrogens is 1. The lowest BCUT2D eigenvalue weighted by Gasteiger charge is -2.27. The van der Waals surface area contributed by atoms with Crippen LogP contribution in [0.15, 0.2) is 12.3 Å². The molecule has 2 bridgehead atoms. The molecule has 2 unspecified atom stereocenters. The van der Waals surface area contributed by atoms with Gasteiger partial charge in [0.1, 0.15) is 5.56 Å². The van der Waals surface area contributed by atoms with Crippen LogP contribution in [-0.4, -0.2) is 53.2 Å². The number of halogens is 1. The Balaban J connectivity index is 1.90. The van der Waals surface area contributed by atoms with Crippen molar-refractivity contribution in [1.29, 1.82) is 0 Å². The lowest BCUT2D eigenvalue weighted by Crippen LogP contribution is -2.37. The molecule has 0 aliphatic carbocycles. The zero-order chi connectivity index (χ0) is 14.3. The highest BCUT2D eigenvalue weighted by Gasteiger charge is 2.35.